The molecule has 4 aliphatic rings. The molecule has 1 saturated carbocycles. The minimum atomic E-state index is -0.281. The Morgan fingerprint density at radius 2 is 1.70 bits per heavy atom. The first-order chi connectivity index (χ1) is 31.3. The molecule has 0 radical (unpaired) electrons. The van der Waals surface area contributed by atoms with Gasteiger partial charge in [-0.25, -0.2) is 4.98 Å². The molecule has 2 aliphatic carbocycles. The molecule has 5 heterocycles. The zero-order valence-electron chi connectivity index (χ0n) is 36.8. The van der Waals surface area contributed by atoms with E-state index >= 15 is 0 Å². The summed E-state index contributed by atoms with van der Waals surface area (Å²) < 4.78 is 14.1. The van der Waals surface area contributed by atoms with Crippen LogP contribution in [-0.4, -0.2) is 62.8 Å². The van der Waals surface area contributed by atoms with Crippen LogP contribution in [0.15, 0.2) is 119 Å². The van der Waals surface area contributed by atoms with Gasteiger partial charge in [-0.3, -0.25) is 9.56 Å². The number of nitrogens with one attached hydrogen (secondary N) is 1. The van der Waals surface area contributed by atoms with E-state index in [1.54, 1.807) is 23.8 Å². The molecule has 0 bridgehead atoms. The number of phenolic OH excluding ortho intramolecular Hbond substituents is 1. The SMILES string of the molecule is Cc1sc2c(c1C)C(c1ccc(N3CCC4(CC3)CC(NCCOc3ccc([C@@H]5c6ccc(O)cc6CC[C@@H]5c5ccccc5)cc3)C4)cc1)=NC(Cc1ncco1)c1nnc(C)n1-2. The van der Waals surface area contributed by atoms with E-state index in [0.29, 0.717) is 42.0 Å². The molecule has 3 atom stereocenters. The lowest BCUT2D eigenvalue weighted by molar-refractivity contribution is 0.0513. The number of aromatic hydroxyl groups is 1. The van der Waals surface area contributed by atoms with Crippen LogP contribution >= 0.6 is 11.3 Å². The van der Waals surface area contributed by atoms with Crippen LogP contribution in [0.4, 0.5) is 5.69 Å². The van der Waals surface area contributed by atoms with Crippen molar-refractivity contribution in [3.63, 3.8) is 0 Å². The number of hydrogen-bond donors (Lipinski definition) is 2. The Hall–Kier alpha value is -6.04. The van der Waals surface area contributed by atoms with Gasteiger partial charge < -0.3 is 24.5 Å². The van der Waals surface area contributed by atoms with Crippen molar-refractivity contribution in [2.45, 2.75) is 89.6 Å². The summed E-state index contributed by atoms with van der Waals surface area (Å²) in [6.45, 7) is 10.0. The molecule has 2 N–H and O–H groups in total. The zero-order chi connectivity index (χ0) is 43.4. The van der Waals surface area contributed by atoms with E-state index in [2.05, 4.69) is 129 Å². The minimum Gasteiger partial charge on any atom is -0.508 e. The van der Waals surface area contributed by atoms with Gasteiger partial charge in [0.05, 0.1) is 18.3 Å². The number of fused-ring (bicyclic) bond motifs is 4. The summed E-state index contributed by atoms with van der Waals surface area (Å²) in [4.78, 5) is 13.7. The van der Waals surface area contributed by atoms with Crippen LogP contribution in [0.2, 0.25) is 0 Å². The molecule has 1 saturated heterocycles. The van der Waals surface area contributed by atoms with E-state index in [4.69, 9.17) is 14.1 Å². The van der Waals surface area contributed by atoms with Crippen molar-refractivity contribution < 1.29 is 14.3 Å². The van der Waals surface area contributed by atoms with Gasteiger partial charge in [0, 0.05) is 53.3 Å². The van der Waals surface area contributed by atoms with Gasteiger partial charge in [-0.05, 0) is 135 Å². The maximum Gasteiger partial charge on any atom is 0.196 e. The van der Waals surface area contributed by atoms with Crippen LogP contribution in [-0.2, 0) is 12.8 Å². The number of piperidine rings is 1. The van der Waals surface area contributed by atoms with Crippen molar-refractivity contribution >= 4 is 22.7 Å². The number of aliphatic imine (C=N–C) groups is 1. The van der Waals surface area contributed by atoms with E-state index in [-0.39, 0.29) is 12.0 Å². The first kappa shape index (κ1) is 40.7. The van der Waals surface area contributed by atoms with Crippen molar-refractivity contribution in [1.82, 2.24) is 25.1 Å². The molecular formula is C53H55N7O3S. The number of benzene rings is 4. The van der Waals surface area contributed by atoms with Gasteiger partial charge in [0.1, 0.15) is 41.2 Å². The van der Waals surface area contributed by atoms with Gasteiger partial charge in [-0.1, -0.05) is 60.7 Å². The molecule has 64 heavy (non-hydrogen) atoms. The Bertz CT molecular complexity index is 2780. The normalized spacial score (nSPS) is 20.2. The Kier molecular flexibility index (Phi) is 10.7. The third-order valence-corrected chi connectivity index (χ3v) is 15.8. The lowest BCUT2D eigenvalue weighted by Crippen LogP contribution is -2.54. The number of thiophene rings is 1. The van der Waals surface area contributed by atoms with E-state index in [1.165, 1.54) is 64.1 Å². The molecule has 1 spiro atoms. The second-order valence-corrected chi connectivity index (χ2v) is 19.7. The number of aromatic nitrogens is 4. The maximum absolute atomic E-state index is 10.2. The van der Waals surface area contributed by atoms with Crippen molar-refractivity contribution in [2.24, 2.45) is 10.4 Å². The van der Waals surface area contributed by atoms with Crippen molar-refractivity contribution in [3.05, 3.63) is 171 Å². The highest BCUT2D eigenvalue weighted by molar-refractivity contribution is 7.15. The Morgan fingerprint density at radius 1 is 0.906 bits per heavy atom. The average molecular weight is 870 g/mol. The number of oxazole rings is 1. The molecule has 2 aliphatic heterocycles. The molecular weight excluding hydrogens is 815 g/mol. The van der Waals surface area contributed by atoms with E-state index in [9.17, 15) is 5.11 Å². The first-order valence-electron chi connectivity index (χ1n) is 23.0. The van der Waals surface area contributed by atoms with Crippen molar-refractivity contribution in [2.75, 3.05) is 31.1 Å². The average Bonchev–Trinajstić information content (AvgIpc) is 4.02. The summed E-state index contributed by atoms with van der Waals surface area (Å²) in [5.74, 6) is 4.18. The molecule has 326 valence electrons. The van der Waals surface area contributed by atoms with Gasteiger partial charge in [0.25, 0.3) is 0 Å². The zero-order valence-corrected chi connectivity index (χ0v) is 37.7. The number of aryl methyl sites for hydroxylation is 3. The summed E-state index contributed by atoms with van der Waals surface area (Å²) in [7, 11) is 0. The van der Waals surface area contributed by atoms with Gasteiger partial charge >= 0.3 is 0 Å². The summed E-state index contributed by atoms with van der Waals surface area (Å²) in [6.07, 6.45) is 10.7. The minimum absolute atomic E-state index is 0.234. The highest BCUT2D eigenvalue weighted by Gasteiger charge is 2.45. The van der Waals surface area contributed by atoms with E-state index in [1.807, 2.05) is 19.1 Å². The number of anilines is 1. The van der Waals surface area contributed by atoms with Crippen LogP contribution in [0.25, 0.3) is 5.00 Å². The van der Waals surface area contributed by atoms with Gasteiger partial charge in [-0.15, -0.1) is 21.5 Å². The Labute approximate surface area is 379 Å². The fraction of sp³-hybridized carbons (Fsp3) is 0.358. The molecule has 11 rings (SSSR count). The number of nitrogens with zero attached hydrogens (tertiary/aromatic N) is 6. The monoisotopic (exact) mass is 869 g/mol. The summed E-state index contributed by atoms with van der Waals surface area (Å²) in [5.41, 5.74) is 11.4. The van der Waals surface area contributed by atoms with Crippen molar-refractivity contribution in [1.29, 1.82) is 0 Å². The standard InChI is InChI=1S/C53H55N7O3S/c1-33-34(2)64-52-48(33)50(56-46(30-47-55-24-28-63-47)51-58-57-35(3)60(51)52)38-9-14-41(15-10-38)59-25-21-53(22-26-59)31-40(32-53)54-23-27-62-43-17-11-37(12-18-43)49-44(36-7-5-4-6-8-36)19-13-39-29-42(61)16-20-45(39)49/h4-12,14-18,20,24,28-29,40,44,46,49,54,61H,13,19,21-23,25-27,30-32H2,1-3H3/t44-,46?,49+/m1/s1. The third-order valence-electron chi connectivity index (χ3n) is 14.6. The predicted octanol–water partition coefficient (Wildman–Crippen LogP) is 10.4. The molecule has 11 heteroatoms. The van der Waals surface area contributed by atoms with Gasteiger partial charge in [0.15, 0.2) is 11.7 Å². The summed E-state index contributed by atoms with van der Waals surface area (Å²) >= 11 is 1.78. The van der Waals surface area contributed by atoms with E-state index < -0.39 is 0 Å². The number of phenols is 1. The van der Waals surface area contributed by atoms with E-state index in [0.717, 1.165) is 71.7 Å². The van der Waals surface area contributed by atoms with Crippen LogP contribution in [0.3, 0.4) is 0 Å². The number of ether oxygens (including phenoxy) is 1. The topological polar surface area (TPSA) is 114 Å². The van der Waals surface area contributed by atoms with Crippen LogP contribution in [0, 0.1) is 26.2 Å². The summed E-state index contributed by atoms with van der Waals surface area (Å²) in [6, 6.07) is 34.9. The lowest BCUT2D eigenvalue weighted by Gasteiger charge is -2.53. The van der Waals surface area contributed by atoms with Crippen LogP contribution in [0.5, 0.6) is 11.5 Å². The highest BCUT2D eigenvalue weighted by Crippen LogP contribution is 2.50. The molecule has 0 amide bonds. The molecule has 10 nitrogen and oxygen atoms in total. The predicted molar refractivity (Wildman–Crippen MR) is 253 cm³/mol. The molecule has 2 fully saturated rings. The largest absolute Gasteiger partial charge is 0.508 e. The summed E-state index contributed by atoms with van der Waals surface area (Å²) in [5, 5.41) is 24.3. The second kappa shape index (κ2) is 16.8. The number of hydrogen-bond acceptors (Lipinski definition) is 10. The quantitative estimate of drug-likeness (QED) is 0.124. The third kappa shape index (κ3) is 7.62. The second-order valence-electron chi connectivity index (χ2n) is 18.5. The molecule has 1 unspecified atom stereocenters. The first-order valence-corrected chi connectivity index (χ1v) is 23.8. The van der Waals surface area contributed by atoms with Crippen LogP contribution < -0.4 is 15.0 Å². The fourth-order valence-electron chi connectivity index (χ4n) is 11.1. The smallest absolute Gasteiger partial charge is 0.196 e. The van der Waals surface area contributed by atoms with Gasteiger partial charge in [0.2, 0.25) is 0 Å². The highest BCUT2D eigenvalue weighted by atomic mass is 32.1. The van der Waals surface area contributed by atoms with Crippen molar-refractivity contribution in [3.8, 4) is 16.5 Å². The Morgan fingerprint density at radius 3 is 2.47 bits per heavy atom. The maximum atomic E-state index is 10.2. The molecule has 4 aromatic carbocycles. The lowest BCUT2D eigenvalue weighted by atomic mass is 9.60. The Balaban J connectivity index is 0.686. The fourth-order valence-corrected chi connectivity index (χ4v) is 12.3. The molecule has 7 aromatic rings. The number of rotatable bonds is 11. The van der Waals surface area contributed by atoms with Crippen LogP contribution in [0.1, 0.15) is 111 Å². The molecule has 3 aromatic heterocycles. The van der Waals surface area contributed by atoms with Gasteiger partial charge in [-0.2, -0.15) is 0 Å².